The molecule has 0 aromatic heterocycles. The molecule has 0 spiro atoms. The lowest BCUT2D eigenvalue weighted by Crippen LogP contribution is -2.31. The molecule has 0 aliphatic carbocycles. The Hall–Kier alpha value is -2.56. The molecule has 5 heteroatoms. The number of oxime groups is 1. The lowest BCUT2D eigenvalue weighted by atomic mass is 10.0. The first-order valence-electron chi connectivity index (χ1n) is 6.21. The Kier molecular flexibility index (Phi) is 3.89. The summed E-state index contributed by atoms with van der Waals surface area (Å²) >= 11 is 0. The van der Waals surface area contributed by atoms with E-state index in [4.69, 9.17) is 15.7 Å². The molecule has 0 aliphatic rings. The minimum absolute atomic E-state index is 0.405. The molecule has 5 nitrogen and oxygen atoms in total. The van der Waals surface area contributed by atoms with Gasteiger partial charge < -0.3 is 15.7 Å². The van der Waals surface area contributed by atoms with Crippen molar-refractivity contribution in [1.29, 1.82) is 0 Å². The van der Waals surface area contributed by atoms with Gasteiger partial charge in [0.15, 0.2) is 6.10 Å². The number of hydrogen-bond donors (Lipinski definition) is 2. The number of fused-ring (bicyclic) bond motifs is 1. The second kappa shape index (κ2) is 5.61. The highest BCUT2D eigenvalue weighted by Gasteiger charge is 2.17. The Labute approximate surface area is 116 Å². The van der Waals surface area contributed by atoms with Gasteiger partial charge in [0.1, 0.15) is 5.75 Å². The minimum atomic E-state index is -0.772. The third kappa shape index (κ3) is 2.56. The van der Waals surface area contributed by atoms with E-state index in [1.54, 1.807) is 19.9 Å². The van der Waals surface area contributed by atoms with Gasteiger partial charge in [-0.15, -0.1) is 0 Å². The molecule has 0 saturated carbocycles. The van der Waals surface area contributed by atoms with Gasteiger partial charge in [-0.2, -0.15) is 0 Å². The van der Waals surface area contributed by atoms with Gasteiger partial charge in [0.05, 0.1) is 5.71 Å². The molecular formula is C15H16N2O3. The van der Waals surface area contributed by atoms with Gasteiger partial charge in [0, 0.05) is 10.9 Å². The predicted octanol–water partition coefficient (Wildman–Crippen LogP) is 2.29. The topological polar surface area (TPSA) is 84.9 Å². The van der Waals surface area contributed by atoms with Crippen molar-refractivity contribution >= 4 is 22.4 Å². The zero-order chi connectivity index (χ0) is 14.7. The van der Waals surface area contributed by atoms with E-state index in [0.717, 1.165) is 10.8 Å². The molecule has 1 atom stereocenters. The van der Waals surface area contributed by atoms with Gasteiger partial charge in [0.2, 0.25) is 0 Å². The largest absolute Gasteiger partial charge is 0.480 e. The van der Waals surface area contributed by atoms with Crippen molar-refractivity contribution in [2.75, 3.05) is 0 Å². The number of ether oxygens (including phenoxy) is 1. The average Bonchev–Trinajstić information content (AvgIpc) is 2.46. The number of nitrogens with two attached hydrogens (primary N) is 1. The van der Waals surface area contributed by atoms with Crippen LogP contribution in [0.3, 0.4) is 0 Å². The van der Waals surface area contributed by atoms with E-state index in [9.17, 15) is 4.79 Å². The van der Waals surface area contributed by atoms with Crippen molar-refractivity contribution in [2.24, 2.45) is 10.9 Å². The van der Waals surface area contributed by atoms with E-state index in [1.807, 2.05) is 30.3 Å². The van der Waals surface area contributed by atoms with Crippen LogP contribution in [0.1, 0.15) is 19.4 Å². The van der Waals surface area contributed by atoms with Crippen LogP contribution in [-0.2, 0) is 4.79 Å². The molecule has 3 N–H and O–H groups in total. The first-order valence-corrected chi connectivity index (χ1v) is 6.21. The minimum Gasteiger partial charge on any atom is -0.480 e. The zero-order valence-corrected chi connectivity index (χ0v) is 11.3. The fourth-order valence-electron chi connectivity index (χ4n) is 1.94. The quantitative estimate of drug-likeness (QED) is 0.508. The summed E-state index contributed by atoms with van der Waals surface area (Å²) < 4.78 is 5.68. The highest BCUT2D eigenvalue weighted by molar-refractivity contribution is 6.06. The molecule has 20 heavy (non-hydrogen) atoms. The predicted molar refractivity (Wildman–Crippen MR) is 77.2 cm³/mol. The van der Waals surface area contributed by atoms with Crippen molar-refractivity contribution in [2.45, 2.75) is 20.0 Å². The lowest BCUT2D eigenvalue weighted by Gasteiger charge is -2.17. The van der Waals surface area contributed by atoms with Crippen LogP contribution >= 0.6 is 0 Å². The summed E-state index contributed by atoms with van der Waals surface area (Å²) in [6.07, 6.45) is -0.772. The number of amides is 1. The maximum Gasteiger partial charge on any atom is 0.258 e. The Bertz CT molecular complexity index is 680. The fourth-order valence-corrected chi connectivity index (χ4v) is 1.94. The molecule has 0 heterocycles. The standard InChI is InChI=1S/C15H16N2O3/c1-9(17-19)12-8-7-11-5-3-4-6-13(11)14(12)20-10(2)15(16)18/h3-8,10,19H,1-2H3,(H2,16,18)/b17-9+. The van der Waals surface area contributed by atoms with Crippen molar-refractivity contribution in [3.63, 3.8) is 0 Å². The van der Waals surface area contributed by atoms with E-state index < -0.39 is 12.0 Å². The van der Waals surface area contributed by atoms with Crippen LogP contribution in [0.15, 0.2) is 41.6 Å². The molecule has 2 rings (SSSR count). The highest BCUT2D eigenvalue weighted by atomic mass is 16.5. The molecule has 2 aromatic carbocycles. The van der Waals surface area contributed by atoms with Crippen LogP contribution in [0, 0.1) is 0 Å². The van der Waals surface area contributed by atoms with Crippen LogP contribution in [0.4, 0.5) is 0 Å². The molecule has 1 unspecified atom stereocenters. The lowest BCUT2D eigenvalue weighted by molar-refractivity contribution is -0.123. The van der Waals surface area contributed by atoms with E-state index >= 15 is 0 Å². The van der Waals surface area contributed by atoms with Crippen LogP contribution in [0.2, 0.25) is 0 Å². The van der Waals surface area contributed by atoms with Crippen LogP contribution in [-0.4, -0.2) is 22.9 Å². The number of rotatable bonds is 4. The summed E-state index contributed by atoms with van der Waals surface area (Å²) in [5.74, 6) is -0.0628. The summed E-state index contributed by atoms with van der Waals surface area (Å²) in [6, 6.07) is 11.3. The van der Waals surface area contributed by atoms with E-state index in [0.29, 0.717) is 17.0 Å². The molecule has 0 fully saturated rings. The number of hydrogen-bond acceptors (Lipinski definition) is 4. The smallest absolute Gasteiger partial charge is 0.258 e. The second-order valence-corrected chi connectivity index (χ2v) is 4.51. The summed E-state index contributed by atoms with van der Waals surface area (Å²) in [5, 5.41) is 14.0. The summed E-state index contributed by atoms with van der Waals surface area (Å²) in [5.41, 5.74) is 6.27. The van der Waals surface area contributed by atoms with Crippen molar-refractivity contribution in [3.8, 4) is 5.75 Å². The van der Waals surface area contributed by atoms with Gasteiger partial charge in [-0.05, 0) is 25.3 Å². The first kappa shape index (κ1) is 13.9. The van der Waals surface area contributed by atoms with Gasteiger partial charge in [-0.25, -0.2) is 0 Å². The van der Waals surface area contributed by atoms with E-state index in [1.165, 1.54) is 0 Å². The third-order valence-electron chi connectivity index (χ3n) is 3.11. The van der Waals surface area contributed by atoms with Gasteiger partial charge in [-0.1, -0.05) is 35.5 Å². The Balaban J connectivity index is 2.64. The second-order valence-electron chi connectivity index (χ2n) is 4.51. The monoisotopic (exact) mass is 272 g/mol. The molecule has 0 bridgehead atoms. The number of benzene rings is 2. The number of primary amides is 1. The zero-order valence-electron chi connectivity index (χ0n) is 11.3. The Morgan fingerprint density at radius 1 is 1.30 bits per heavy atom. The highest BCUT2D eigenvalue weighted by Crippen LogP contribution is 2.31. The molecular weight excluding hydrogens is 256 g/mol. The normalized spacial score (nSPS) is 13.2. The van der Waals surface area contributed by atoms with Crippen molar-refractivity contribution in [1.82, 2.24) is 0 Å². The van der Waals surface area contributed by atoms with Gasteiger partial charge in [-0.3, -0.25) is 4.79 Å². The SMILES string of the molecule is C/C(=N\O)c1ccc2ccccc2c1OC(C)C(N)=O. The summed E-state index contributed by atoms with van der Waals surface area (Å²) in [4.78, 5) is 11.2. The van der Waals surface area contributed by atoms with Crippen molar-refractivity contribution in [3.05, 3.63) is 42.0 Å². The van der Waals surface area contributed by atoms with Gasteiger partial charge >= 0.3 is 0 Å². The van der Waals surface area contributed by atoms with E-state index in [2.05, 4.69) is 5.16 Å². The maximum atomic E-state index is 11.2. The third-order valence-corrected chi connectivity index (χ3v) is 3.11. The van der Waals surface area contributed by atoms with Gasteiger partial charge in [0.25, 0.3) is 5.91 Å². The van der Waals surface area contributed by atoms with Crippen LogP contribution in [0.5, 0.6) is 5.75 Å². The number of nitrogens with zero attached hydrogens (tertiary/aromatic N) is 1. The molecule has 1 amide bonds. The number of carbonyl (C=O) groups is 1. The Morgan fingerprint density at radius 2 is 2.00 bits per heavy atom. The molecule has 0 radical (unpaired) electrons. The summed E-state index contributed by atoms with van der Waals surface area (Å²) in [6.45, 7) is 3.24. The van der Waals surface area contributed by atoms with Crippen LogP contribution in [0.25, 0.3) is 10.8 Å². The summed E-state index contributed by atoms with van der Waals surface area (Å²) in [7, 11) is 0. The maximum absolute atomic E-state index is 11.2. The first-order chi connectivity index (χ1) is 9.54. The van der Waals surface area contributed by atoms with E-state index in [-0.39, 0.29) is 0 Å². The molecule has 2 aromatic rings. The molecule has 104 valence electrons. The van der Waals surface area contributed by atoms with Crippen LogP contribution < -0.4 is 10.5 Å². The molecule has 0 aliphatic heterocycles. The van der Waals surface area contributed by atoms with Crippen molar-refractivity contribution < 1.29 is 14.7 Å². The average molecular weight is 272 g/mol. The number of carbonyl (C=O) groups excluding carboxylic acids is 1. The fraction of sp³-hybridized carbons (Fsp3) is 0.200. The molecule has 0 saturated heterocycles. The Morgan fingerprint density at radius 3 is 2.65 bits per heavy atom.